The van der Waals surface area contributed by atoms with Gasteiger partial charge in [0.15, 0.2) is 11.5 Å². The maximum Gasteiger partial charge on any atom is 0.434 e. The van der Waals surface area contributed by atoms with Gasteiger partial charge in [0.05, 0.1) is 17.4 Å². The van der Waals surface area contributed by atoms with Crippen molar-refractivity contribution in [2.75, 3.05) is 0 Å². The molecule has 22 heavy (non-hydrogen) atoms. The van der Waals surface area contributed by atoms with Gasteiger partial charge in [-0.2, -0.15) is 18.3 Å². The van der Waals surface area contributed by atoms with Gasteiger partial charge >= 0.3 is 12.1 Å². The van der Waals surface area contributed by atoms with Crippen molar-refractivity contribution >= 4 is 23.4 Å². The molecule has 9 heteroatoms. The third-order valence-corrected chi connectivity index (χ3v) is 2.97. The minimum absolute atomic E-state index is 0.0473. The molecular weight excluding hydrogens is 325 g/mol. The number of hydrogen-bond acceptors (Lipinski definition) is 3. The van der Waals surface area contributed by atoms with Crippen molar-refractivity contribution < 1.29 is 27.9 Å². The zero-order chi connectivity index (χ0) is 16.5. The van der Waals surface area contributed by atoms with E-state index in [1.807, 2.05) is 0 Å². The Morgan fingerprint density at radius 1 is 1.23 bits per heavy atom. The fourth-order valence-corrected chi connectivity index (χ4v) is 1.96. The molecule has 0 radical (unpaired) electrons. The van der Waals surface area contributed by atoms with Gasteiger partial charge in [0.2, 0.25) is 0 Å². The number of aromatic nitrogens is 2. The summed E-state index contributed by atoms with van der Waals surface area (Å²) in [6.07, 6.45) is -5.21. The van der Waals surface area contributed by atoms with Crippen LogP contribution in [-0.4, -0.2) is 26.6 Å². The fourth-order valence-electron chi connectivity index (χ4n) is 1.84. The second kappa shape index (κ2) is 5.80. The van der Waals surface area contributed by atoms with Gasteiger partial charge in [-0.15, -0.1) is 0 Å². The summed E-state index contributed by atoms with van der Waals surface area (Å²) in [6.45, 7) is 0. The normalized spacial score (nSPS) is 11.5. The fraction of sp³-hybridized carbons (Fsp3) is 0.154. The Balaban J connectivity index is 2.57. The Kier molecular flexibility index (Phi) is 4.23. The van der Waals surface area contributed by atoms with Crippen LogP contribution in [0.3, 0.4) is 0 Å². The zero-order valence-electron chi connectivity index (χ0n) is 10.8. The van der Waals surface area contributed by atoms with Crippen LogP contribution < -0.4 is 0 Å². The molecule has 0 unspecified atom stereocenters. The number of rotatable bonds is 4. The van der Waals surface area contributed by atoms with Crippen molar-refractivity contribution in [3.8, 4) is 5.69 Å². The average Bonchev–Trinajstić information content (AvgIpc) is 2.83. The molecule has 0 fully saturated rings. The van der Waals surface area contributed by atoms with E-state index in [-0.39, 0.29) is 5.69 Å². The van der Waals surface area contributed by atoms with Crippen LogP contribution in [0.1, 0.15) is 22.5 Å². The van der Waals surface area contributed by atoms with Crippen LogP contribution in [0.5, 0.6) is 0 Å². The summed E-state index contributed by atoms with van der Waals surface area (Å²) in [7, 11) is 0. The standard InChI is InChI=1S/C13H8ClF3N2O3/c14-7-1-3-8(4-2-7)19-12(13(15,16)17)9(6-18-19)10(20)5-11(21)22/h1-4,6H,5H2,(H,21,22). The quantitative estimate of drug-likeness (QED) is 0.689. The molecule has 1 N–H and O–H groups in total. The molecular formula is C13H8ClF3N2O3. The van der Waals surface area contributed by atoms with Crippen LogP contribution in [0.2, 0.25) is 5.02 Å². The summed E-state index contributed by atoms with van der Waals surface area (Å²) in [5.74, 6) is -2.68. The molecule has 2 rings (SSSR count). The Morgan fingerprint density at radius 3 is 2.32 bits per heavy atom. The van der Waals surface area contributed by atoms with Gasteiger partial charge in [0.25, 0.3) is 0 Å². The number of nitrogens with zero attached hydrogens (tertiary/aromatic N) is 2. The molecule has 5 nitrogen and oxygen atoms in total. The lowest BCUT2D eigenvalue weighted by atomic mass is 10.1. The van der Waals surface area contributed by atoms with E-state index in [1.54, 1.807) is 0 Å². The molecule has 116 valence electrons. The Hall–Kier alpha value is -2.35. The SMILES string of the molecule is O=C(O)CC(=O)c1cnn(-c2ccc(Cl)cc2)c1C(F)(F)F. The van der Waals surface area contributed by atoms with Gasteiger partial charge in [0, 0.05) is 5.02 Å². The number of carboxylic acid groups (broad SMARTS) is 1. The maximum absolute atomic E-state index is 13.2. The predicted molar refractivity (Wildman–Crippen MR) is 70.2 cm³/mol. The van der Waals surface area contributed by atoms with E-state index in [2.05, 4.69) is 5.10 Å². The van der Waals surface area contributed by atoms with Crippen LogP contribution in [0.4, 0.5) is 13.2 Å². The first-order valence-corrected chi connectivity index (χ1v) is 6.24. The lowest BCUT2D eigenvalue weighted by Gasteiger charge is -2.12. The third-order valence-electron chi connectivity index (χ3n) is 2.72. The van der Waals surface area contributed by atoms with Crippen molar-refractivity contribution in [2.24, 2.45) is 0 Å². The highest BCUT2D eigenvalue weighted by Crippen LogP contribution is 2.34. The first kappa shape index (κ1) is 16.0. The van der Waals surface area contributed by atoms with Gasteiger partial charge in [-0.3, -0.25) is 9.59 Å². The van der Waals surface area contributed by atoms with Gasteiger partial charge in [-0.1, -0.05) is 11.6 Å². The Morgan fingerprint density at radius 2 is 1.82 bits per heavy atom. The van der Waals surface area contributed by atoms with Crippen molar-refractivity contribution in [3.05, 3.63) is 46.7 Å². The number of benzene rings is 1. The van der Waals surface area contributed by atoms with Crippen LogP contribution in [0.25, 0.3) is 5.69 Å². The van der Waals surface area contributed by atoms with E-state index in [0.717, 1.165) is 0 Å². The molecule has 1 aromatic heterocycles. The van der Waals surface area contributed by atoms with Gasteiger partial charge in [-0.25, -0.2) is 4.68 Å². The zero-order valence-corrected chi connectivity index (χ0v) is 11.5. The maximum atomic E-state index is 13.2. The lowest BCUT2D eigenvalue weighted by molar-refractivity contribution is -0.143. The highest BCUT2D eigenvalue weighted by atomic mass is 35.5. The third kappa shape index (κ3) is 3.28. The Bertz CT molecular complexity index is 723. The van der Waals surface area contributed by atoms with E-state index in [0.29, 0.717) is 15.9 Å². The van der Waals surface area contributed by atoms with E-state index < -0.39 is 35.6 Å². The largest absolute Gasteiger partial charge is 0.481 e. The van der Waals surface area contributed by atoms with E-state index in [9.17, 15) is 22.8 Å². The number of Topliss-reactive ketones (excluding diaryl/α,β-unsaturated/α-hetero) is 1. The van der Waals surface area contributed by atoms with Crippen LogP contribution in [0.15, 0.2) is 30.5 Å². The summed E-state index contributed by atoms with van der Waals surface area (Å²) >= 11 is 5.67. The number of hydrogen-bond donors (Lipinski definition) is 1. The molecule has 1 heterocycles. The van der Waals surface area contributed by atoms with E-state index >= 15 is 0 Å². The number of carboxylic acids is 1. The van der Waals surface area contributed by atoms with Gasteiger partial charge in [0.1, 0.15) is 6.42 Å². The molecule has 0 spiro atoms. The summed E-state index contributed by atoms with van der Waals surface area (Å²) in [4.78, 5) is 22.2. The number of carbonyl (C=O) groups excluding carboxylic acids is 1. The number of carbonyl (C=O) groups is 2. The van der Waals surface area contributed by atoms with Crippen LogP contribution in [-0.2, 0) is 11.0 Å². The second-order valence-electron chi connectivity index (χ2n) is 4.29. The van der Waals surface area contributed by atoms with Crippen LogP contribution >= 0.6 is 11.6 Å². The molecule has 0 amide bonds. The number of aliphatic carboxylic acids is 1. The van der Waals surface area contributed by atoms with Gasteiger partial charge in [-0.05, 0) is 24.3 Å². The summed E-state index contributed by atoms with van der Waals surface area (Å²) in [5.41, 5.74) is -2.06. The van der Waals surface area contributed by atoms with Crippen molar-refractivity contribution in [3.63, 3.8) is 0 Å². The number of ketones is 1. The van der Waals surface area contributed by atoms with Crippen LogP contribution in [0, 0.1) is 0 Å². The smallest absolute Gasteiger partial charge is 0.434 e. The second-order valence-corrected chi connectivity index (χ2v) is 4.72. The van der Waals surface area contributed by atoms with Gasteiger partial charge < -0.3 is 5.11 Å². The number of halogens is 4. The predicted octanol–water partition coefficient (Wildman–Crippen LogP) is 3.20. The average molecular weight is 333 g/mol. The number of alkyl halides is 3. The molecule has 0 aliphatic carbocycles. The highest BCUT2D eigenvalue weighted by Gasteiger charge is 2.40. The summed E-state index contributed by atoms with van der Waals surface area (Å²) < 4.78 is 40.2. The molecule has 0 aliphatic heterocycles. The molecule has 0 saturated heterocycles. The molecule has 0 aliphatic rings. The first-order valence-electron chi connectivity index (χ1n) is 5.86. The molecule has 2 aromatic rings. The lowest BCUT2D eigenvalue weighted by Crippen LogP contribution is -2.18. The Labute approximate surface area is 126 Å². The van der Waals surface area contributed by atoms with E-state index in [4.69, 9.17) is 16.7 Å². The van der Waals surface area contributed by atoms with E-state index in [1.165, 1.54) is 24.3 Å². The van der Waals surface area contributed by atoms with Crippen molar-refractivity contribution in [1.29, 1.82) is 0 Å². The minimum atomic E-state index is -4.88. The summed E-state index contributed by atoms with van der Waals surface area (Å²) in [5, 5.41) is 12.4. The van der Waals surface area contributed by atoms with Crippen molar-refractivity contribution in [1.82, 2.24) is 9.78 Å². The minimum Gasteiger partial charge on any atom is -0.481 e. The molecule has 0 saturated carbocycles. The molecule has 0 atom stereocenters. The molecule has 0 bridgehead atoms. The highest BCUT2D eigenvalue weighted by molar-refractivity contribution is 6.30. The van der Waals surface area contributed by atoms with Crippen molar-refractivity contribution in [2.45, 2.75) is 12.6 Å². The summed E-state index contributed by atoms with van der Waals surface area (Å²) in [6, 6.07) is 5.35. The topological polar surface area (TPSA) is 72.2 Å². The first-order chi connectivity index (χ1) is 10.2. The monoisotopic (exact) mass is 332 g/mol. The molecule has 1 aromatic carbocycles.